The Kier molecular flexibility index (Phi) is 4.74. The zero-order chi connectivity index (χ0) is 13.7. The smallest absolute Gasteiger partial charge is 0.123 e. The lowest BCUT2D eigenvalue weighted by Gasteiger charge is -2.37. The van der Waals surface area contributed by atoms with Gasteiger partial charge in [0.05, 0.1) is 11.6 Å². The molecule has 1 saturated carbocycles. The highest BCUT2D eigenvalue weighted by atomic mass is 16.5. The van der Waals surface area contributed by atoms with Crippen molar-refractivity contribution < 1.29 is 4.74 Å². The van der Waals surface area contributed by atoms with E-state index in [0.717, 1.165) is 31.4 Å². The van der Waals surface area contributed by atoms with Crippen molar-refractivity contribution in [3.8, 4) is 0 Å². The van der Waals surface area contributed by atoms with Gasteiger partial charge in [-0.2, -0.15) is 0 Å². The summed E-state index contributed by atoms with van der Waals surface area (Å²) in [6.45, 7) is 2.76. The standard InChI is InChI=1S/C14H24N4O/c1-2-19-14(6-3-4-7-14)12(18-16)9-11-5-8-17-13(15)10-11/h5,8,10,12,18H,2-4,6-7,9,16H2,1H3,(H2,15,17). The molecule has 0 amide bonds. The second kappa shape index (κ2) is 6.32. The van der Waals surface area contributed by atoms with Gasteiger partial charge in [-0.1, -0.05) is 12.8 Å². The van der Waals surface area contributed by atoms with Gasteiger partial charge in [-0.15, -0.1) is 0 Å². The summed E-state index contributed by atoms with van der Waals surface area (Å²) in [6, 6.07) is 3.99. The molecule has 5 heteroatoms. The molecule has 0 radical (unpaired) electrons. The first kappa shape index (κ1) is 14.2. The topological polar surface area (TPSA) is 86.2 Å². The summed E-state index contributed by atoms with van der Waals surface area (Å²) in [5.74, 6) is 6.32. The third kappa shape index (κ3) is 3.23. The Hall–Kier alpha value is -1.17. The molecule has 1 atom stereocenters. The van der Waals surface area contributed by atoms with Gasteiger partial charge in [0.1, 0.15) is 5.82 Å². The Morgan fingerprint density at radius 1 is 1.47 bits per heavy atom. The van der Waals surface area contributed by atoms with Gasteiger partial charge in [0, 0.05) is 12.8 Å². The van der Waals surface area contributed by atoms with E-state index in [1.165, 1.54) is 12.8 Å². The molecule has 0 spiro atoms. The van der Waals surface area contributed by atoms with Crippen molar-refractivity contribution in [2.45, 2.75) is 50.7 Å². The molecule has 0 aromatic carbocycles. The van der Waals surface area contributed by atoms with Crippen molar-refractivity contribution in [3.05, 3.63) is 23.9 Å². The molecule has 5 nitrogen and oxygen atoms in total. The number of hydrogen-bond acceptors (Lipinski definition) is 5. The molecule has 2 rings (SSSR count). The summed E-state index contributed by atoms with van der Waals surface area (Å²) in [5.41, 5.74) is 9.68. The highest BCUT2D eigenvalue weighted by Crippen LogP contribution is 2.37. The van der Waals surface area contributed by atoms with Crippen LogP contribution in [0.15, 0.2) is 18.3 Å². The van der Waals surface area contributed by atoms with Crippen LogP contribution in [0.5, 0.6) is 0 Å². The van der Waals surface area contributed by atoms with Gasteiger partial charge in [0.15, 0.2) is 0 Å². The molecule has 5 N–H and O–H groups in total. The van der Waals surface area contributed by atoms with E-state index < -0.39 is 0 Å². The van der Waals surface area contributed by atoms with Gasteiger partial charge >= 0.3 is 0 Å². The number of aromatic nitrogens is 1. The minimum Gasteiger partial charge on any atom is -0.384 e. The molecule has 1 fully saturated rings. The molecule has 1 aromatic rings. The van der Waals surface area contributed by atoms with Crippen LogP contribution in [-0.4, -0.2) is 23.2 Å². The van der Waals surface area contributed by atoms with Crippen LogP contribution in [0.25, 0.3) is 0 Å². The molecular weight excluding hydrogens is 240 g/mol. The molecule has 19 heavy (non-hydrogen) atoms. The lowest BCUT2D eigenvalue weighted by atomic mass is 9.88. The van der Waals surface area contributed by atoms with Crippen molar-refractivity contribution in [1.29, 1.82) is 0 Å². The maximum absolute atomic E-state index is 6.06. The fourth-order valence-electron chi connectivity index (χ4n) is 3.11. The monoisotopic (exact) mass is 264 g/mol. The SMILES string of the molecule is CCOC1(C(Cc2ccnc(N)c2)NN)CCCC1. The van der Waals surface area contributed by atoms with Gasteiger partial charge in [-0.25, -0.2) is 4.98 Å². The highest BCUT2D eigenvalue weighted by molar-refractivity contribution is 5.32. The fraction of sp³-hybridized carbons (Fsp3) is 0.643. The Morgan fingerprint density at radius 3 is 2.79 bits per heavy atom. The zero-order valence-corrected chi connectivity index (χ0v) is 11.6. The van der Waals surface area contributed by atoms with Gasteiger partial charge < -0.3 is 10.5 Å². The third-order valence-corrected chi connectivity index (χ3v) is 4.00. The third-order valence-electron chi connectivity index (χ3n) is 4.00. The Bertz CT molecular complexity index is 404. The van der Waals surface area contributed by atoms with Crippen LogP contribution in [0.1, 0.15) is 38.2 Å². The summed E-state index contributed by atoms with van der Waals surface area (Å²) in [6.07, 6.45) is 7.09. The van der Waals surface area contributed by atoms with E-state index in [4.69, 9.17) is 16.3 Å². The van der Waals surface area contributed by atoms with E-state index in [1.807, 2.05) is 19.1 Å². The average Bonchev–Trinajstić information content (AvgIpc) is 2.86. The van der Waals surface area contributed by atoms with Crippen LogP contribution >= 0.6 is 0 Å². The first-order valence-electron chi connectivity index (χ1n) is 7.00. The largest absolute Gasteiger partial charge is 0.384 e. The van der Waals surface area contributed by atoms with Crippen LogP contribution < -0.4 is 17.0 Å². The first-order valence-corrected chi connectivity index (χ1v) is 7.00. The normalized spacial score (nSPS) is 19.5. The molecule has 1 aromatic heterocycles. The quantitative estimate of drug-likeness (QED) is 0.534. The van der Waals surface area contributed by atoms with E-state index in [1.54, 1.807) is 6.20 Å². The Labute approximate surface area is 114 Å². The van der Waals surface area contributed by atoms with Gasteiger partial charge in [0.25, 0.3) is 0 Å². The average molecular weight is 264 g/mol. The van der Waals surface area contributed by atoms with Crippen molar-refractivity contribution in [1.82, 2.24) is 10.4 Å². The van der Waals surface area contributed by atoms with Crippen molar-refractivity contribution in [3.63, 3.8) is 0 Å². The fourth-order valence-corrected chi connectivity index (χ4v) is 3.11. The number of hydrogen-bond donors (Lipinski definition) is 3. The zero-order valence-electron chi connectivity index (χ0n) is 11.6. The summed E-state index contributed by atoms with van der Waals surface area (Å²) < 4.78 is 6.06. The van der Waals surface area contributed by atoms with E-state index >= 15 is 0 Å². The van der Waals surface area contributed by atoms with Gasteiger partial charge in [-0.05, 0) is 43.9 Å². The molecule has 1 unspecified atom stereocenters. The van der Waals surface area contributed by atoms with Crippen molar-refractivity contribution in [2.75, 3.05) is 12.3 Å². The predicted molar refractivity (Wildman–Crippen MR) is 76.3 cm³/mol. The minimum absolute atomic E-state index is 0.108. The minimum atomic E-state index is -0.137. The number of hydrazine groups is 1. The first-order chi connectivity index (χ1) is 9.20. The number of ether oxygens (including phenoxy) is 1. The number of nitrogen functional groups attached to an aromatic ring is 1. The molecule has 1 heterocycles. The van der Waals surface area contributed by atoms with Crippen LogP contribution in [0.4, 0.5) is 5.82 Å². The lowest BCUT2D eigenvalue weighted by molar-refractivity contribution is -0.0613. The van der Waals surface area contributed by atoms with Crippen LogP contribution in [0, 0.1) is 0 Å². The number of pyridine rings is 1. The molecule has 0 aliphatic heterocycles. The van der Waals surface area contributed by atoms with E-state index in [0.29, 0.717) is 5.82 Å². The predicted octanol–water partition coefficient (Wildman–Crippen LogP) is 1.39. The Balaban J connectivity index is 2.14. The van der Waals surface area contributed by atoms with Crippen LogP contribution in [-0.2, 0) is 11.2 Å². The maximum atomic E-state index is 6.06. The van der Waals surface area contributed by atoms with Crippen LogP contribution in [0.2, 0.25) is 0 Å². The number of nitrogens with two attached hydrogens (primary N) is 2. The molecule has 106 valence electrons. The summed E-state index contributed by atoms with van der Waals surface area (Å²) >= 11 is 0. The van der Waals surface area contributed by atoms with E-state index in [2.05, 4.69) is 10.4 Å². The van der Waals surface area contributed by atoms with Crippen LogP contribution in [0.3, 0.4) is 0 Å². The van der Waals surface area contributed by atoms with Gasteiger partial charge in [0.2, 0.25) is 0 Å². The number of rotatable bonds is 6. The summed E-state index contributed by atoms with van der Waals surface area (Å²) in [7, 11) is 0. The van der Waals surface area contributed by atoms with E-state index in [9.17, 15) is 0 Å². The van der Waals surface area contributed by atoms with E-state index in [-0.39, 0.29) is 11.6 Å². The Morgan fingerprint density at radius 2 is 2.21 bits per heavy atom. The number of nitrogens with one attached hydrogen (secondary N) is 1. The lowest BCUT2D eigenvalue weighted by Crippen LogP contribution is -2.54. The second-order valence-electron chi connectivity index (χ2n) is 5.22. The highest BCUT2D eigenvalue weighted by Gasteiger charge is 2.41. The van der Waals surface area contributed by atoms with Crippen molar-refractivity contribution in [2.24, 2.45) is 5.84 Å². The molecule has 0 saturated heterocycles. The second-order valence-corrected chi connectivity index (χ2v) is 5.22. The summed E-state index contributed by atoms with van der Waals surface area (Å²) in [5, 5.41) is 0. The molecule has 1 aliphatic carbocycles. The van der Waals surface area contributed by atoms with Crippen molar-refractivity contribution >= 4 is 5.82 Å². The summed E-state index contributed by atoms with van der Waals surface area (Å²) in [4.78, 5) is 4.02. The maximum Gasteiger partial charge on any atom is 0.123 e. The molecular formula is C14H24N4O. The number of nitrogens with zero attached hydrogens (tertiary/aromatic N) is 1. The number of anilines is 1. The molecule has 0 bridgehead atoms. The molecule has 1 aliphatic rings. The van der Waals surface area contributed by atoms with Gasteiger partial charge in [-0.3, -0.25) is 11.3 Å².